The highest BCUT2D eigenvalue weighted by atomic mass is 32.2. The van der Waals surface area contributed by atoms with Crippen molar-refractivity contribution in [3.8, 4) is 0 Å². The third-order valence-corrected chi connectivity index (χ3v) is 4.19. The van der Waals surface area contributed by atoms with Gasteiger partial charge in [0.25, 0.3) is 5.24 Å². The monoisotopic (exact) mass is 260 g/mol. The van der Waals surface area contributed by atoms with Gasteiger partial charge >= 0.3 is 0 Å². The standard InChI is InChI=1S/C13H12N2O2S/c1-15-9(6-8-4-2-3-5-10(8)15)7-11-12(16)14-13(17)18-11/h2-6,11H,7H2,1H3,(H,14,16,17). The summed E-state index contributed by atoms with van der Waals surface area (Å²) in [5, 5.41) is 2.92. The summed E-state index contributed by atoms with van der Waals surface area (Å²) in [5.41, 5.74) is 2.21. The molecule has 1 atom stereocenters. The number of benzene rings is 1. The number of para-hydroxylation sites is 1. The van der Waals surface area contributed by atoms with Gasteiger partial charge in [-0.1, -0.05) is 30.0 Å². The molecule has 1 aromatic carbocycles. The third-order valence-electron chi connectivity index (χ3n) is 3.21. The number of nitrogens with zero attached hydrogens (tertiary/aromatic N) is 1. The summed E-state index contributed by atoms with van der Waals surface area (Å²) in [6.07, 6.45) is 0.577. The molecule has 1 aromatic heterocycles. The van der Waals surface area contributed by atoms with Crippen LogP contribution in [0.5, 0.6) is 0 Å². The van der Waals surface area contributed by atoms with Crippen LogP contribution in [0.15, 0.2) is 30.3 Å². The number of aryl methyl sites for hydroxylation is 1. The second kappa shape index (κ2) is 4.17. The molecule has 2 aromatic rings. The fourth-order valence-electron chi connectivity index (χ4n) is 2.26. The lowest BCUT2D eigenvalue weighted by Crippen LogP contribution is -2.25. The molecule has 18 heavy (non-hydrogen) atoms. The van der Waals surface area contributed by atoms with E-state index in [1.165, 1.54) is 0 Å². The average Bonchev–Trinajstić information content (AvgIpc) is 2.82. The fraction of sp³-hybridized carbons (Fsp3) is 0.231. The molecular formula is C13H12N2O2S. The highest BCUT2D eigenvalue weighted by Crippen LogP contribution is 2.26. The molecule has 1 fully saturated rings. The second-order valence-electron chi connectivity index (χ2n) is 4.34. The highest BCUT2D eigenvalue weighted by Gasteiger charge is 2.32. The molecule has 92 valence electrons. The van der Waals surface area contributed by atoms with Crippen molar-refractivity contribution in [3.63, 3.8) is 0 Å². The average molecular weight is 260 g/mol. The van der Waals surface area contributed by atoms with E-state index in [0.29, 0.717) is 6.42 Å². The summed E-state index contributed by atoms with van der Waals surface area (Å²) in [6, 6.07) is 10.2. The summed E-state index contributed by atoms with van der Waals surface area (Å²) in [5.74, 6) is -0.185. The van der Waals surface area contributed by atoms with Crippen molar-refractivity contribution in [2.24, 2.45) is 7.05 Å². The number of hydrogen-bond acceptors (Lipinski definition) is 3. The maximum Gasteiger partial charge on any atom is 0.286 e. The maximum absolute atomic E-state index is 11.6. The van der Waals surface area contributed by atoms with Gasteiger partial charge in [0.05, 0.1) is 5.25 Å². The number of nitrogens with one attached hydrogen (secondary N) is 1. The third kappa shape index (κ3) is 1.80. The largest absolute Gasteiger partial charge is 0.348 e. The van der Waals surface area contributed by atoms with E-state index in [2.05, 4.69) is 16.0 Å². The molecule has 0 spiro atoms. The van der Waals surface area contributed by atoms with Crippen LogP contribution >= 0.6 is 11.8 Å². The second-order valence-corrected chi connectivity index (χ2v) is 5.52. The van der Waals surface area contributed by atoms with E-state index in [4.69, 9.17) is 0 Å². The van der Waals surface area contributed by atoms with Crippen LogP contribution in [0, 0.1) is 0 Å². The molecule has 4 nitrogen and oxygen atoms in total. The summed E-state index contributed by atoms with van der Waals surface area (Å²) in [7, 11) is 1.98. The number of carbonyl (C=O) groups excluding carboxylic acids is 2. The highest BCUT2D eigenvalue weighted by molar-refractivity contribution is 8.15. The molecule has 0 saturated carbocycles. The van der Waals surface area contributed by atoms with Gasteiger partial charge in [-0.25, -0.2) is 0 Å². The van der Waals surface area contributed by atoms with E-state index in [0.717, 1.165) is 28.4 Å². The Kier molecular flexibility index (Phi) is 2.63. The molecule has 1 saturated heterocycles. The molecular weight excluding hydrogens is 248 g/mol. The van der Waals surface area contributed by atoms with E-state index in [1.54, 1.807) is 0 Å². The number of hydrogen-bond donors (Lipinski definition) is 1. The van der Waals surface area contributed by atoms with Crippen LogP contribution in [0.4, 0.5) is 4.79 Å². The van der Waals surface area contributed by atoms with E-state index < -0.39 is 0 Å². The van der Waals surface area contributed by atoms with E-state index in [9.17, 15) is 9.59 Å². The quantitative estimate of drug-likeness (QED) is 0.899. The number of aromatic nitrogens is 1. The molecule has 1 aliphatic heterocycles. The SMILES string of the molecule is Cn1c(CC2SC(=O)NC2=O)cc2ccccc21. The minimum absolute atomic E-state index is 0.185. The van der Waals surface area contributed by atoms with Crippen molar-refractivity contribution < 1.29 is 9.59 Å². The first kappa shape index (κ1) is 11.3. The van der Waals surface area contributed by atoms with Crippen molar-refractivity contribution in [1.29, 1.82) is 0 Å². The first-order valence-electron chi connectivity index (χ1n) is 5.70. The predicted molar refractivity (Wildman–Crippen MR) is 71.5 cm³/mol. The zero-order valence-electron chi connectivity index (χ0n) is 9.84. The minimum Gasteiger partial charge on any atom is -0.348 e. The van der Waals surface area contributed by atoms with Gasteiger partial charge in [0, 0.05) is 24.7 Å². The zero-order chi connectivity index (χ0) is 12.7. The normalized spacial score (nSPS) is 19.5. The molecule has 5 heteroatoms. The van der Waals surface area contributed by atoms with Gasteiger partial charge < -0.3 is 4.57 Å². The smallest absolute Gasteiger partial charge is 0.286 e. The lowest BCUT2D eigenvalue weighted by Gasteiger charge is -2.06. The number of carbonyl (C=O) groups is 2. The van der Waals surface area contributed by atoms with Gasteiger partial charge in [-0.15, -0.1) is 0 Å². The van der Waals surface area contributed by atoms with E-state index in [1.807, 2.05) is 31.3 Å². The Balaban J connectivity index is 1.93. The lowest BCUT2D eigenvalue weighted by molar-refractivity contribution is -0.118. The van der Waals surface area contributed by atoms with Crippen LogP contribution in [0.1, 0.15) is 5.69 Å². The van der Waals surface area contributed by atoms with Gasteiger partial charge in [-0.05, 0) is 17.5 Å². The molecule has 2 heterocycles. The van der Waals surface area contributed by atoms with Crippen molar-refractivity contribution in [3.05, 3.63) is 36.0 Å². The first-order chi connectivity index (χ1) is 8.65. The number of thioether (sulfide) groups is 1. The fourth-order valence-corrected chi connectivity index (χ4v) is 3.10. The molecule has 3 rings (SSSR count). The predicted octanol–water partition coefficient (Wildman–Crippen LogP) is 2.07. The van der Waals surface area contributed by atoms with E-state index in [-0.39, 0.29) is 16.4 Å². The van der Waals surface area contributed by atoms with Crippen molar-refractivity contribution in [2.45, 2.75) is 11.7 Å². The van der Waals surface area contributed by atoms with Crippen LogP contribution < -0.4 is 5.32 Å². The van der Waals surface area contributed by atoms with Crippen LogP contribution in [0.25, 0.3) is 10.9 Å². The lowest BCUT2D eigenvalue weighted by atomic mass is 10.2. The Hall–Kier alpha value is -1.75. The maximum atomic E-state index is 11.6. The van der Waals surface area contributed by atoms with Gasteiger partial charge in [0.2, 0.25) is 5.91 Å². The van der Waals surface area contributed by atoms with Crippen molar-refractivity contribution >= 4 is 33.8 Å². The zero-order valence-corrected chi connectivity index (χ0v) is 10.7. The minimum atomic E-state index is -0.305. The first-order valence-corrected chi connectivity index (χ1v) is 6.58. The number of amides is 2. The van der Waals surface area contributed by atoms with Gasteiger partial charge in [-0.3, -0.25) is 14.9 Å². The summed E-state index contributed by atoms with van der Waals surface area (Å²) < 4.78 is 2.08. The molecule has 0 bridgehead atoms. The van der Waals surface area contributed by atoms with Crippen LogP contribution in [0.3, 0.4) is 0 Å². The van der Waals surface area contributed by atoms with Crippen LogP contribution in [0.2, 0.25) is 0 Å². The van der Waals surface area contributed by atoms with Crippen molar-refractivity contribution in [1.82, 2.24) is 9.88 Å². The summed E-state index contributed by atoms with van der Waals surface area (Å²) >= 11 is 1.07. The Bertz CT molecular complexity index is 647. The molecule has 1 aliphatic rings. The molecule has 0 aliphatic carbocycles. The van der Waals surface area contributed by atoms with Gasteiger partial charge in [0.1, 0.15) is 0 Å². The summed E-state index contributed by atoms with van der Waals surface area (Å²) in [6.45, 7) is 0. The molecule has 1 N–H and O–H groups in total. The van der Waals surface area contributed by atoms with Gasteiger partial charge in [-0.2, -0.15) is 0 Å². The Morgan fingerprint density at radius 1 is 1.33 bits per heavy atom. The van der Waals surface area contributed by atoms with E-state index >= 15 is 0 Å². The van der Waals surface area contributed by atoms with Crippen molar-refractivity contribution in [2.75, 3.05) is 0 Å². The molecule has 2 amide bonds. The number of fused-ring (bicyclic) bond motifs is 1. The Morgan fingerprint density at radius 2 is 2.11 bits per heavy atom. The molecule has 1 unspecified atom stereocenters. The Labute approximate surface area is 108 Å². The van der Waals surface area contributed by atoms with Crippen LogP contribution in [-0.4, -0.2) is 21.0 Å². The summed E-state index contributed by atoms with van der Waals surface area (Å²) in [4.78, 5) is 22.7. The van der Waals surface area contributed by atoms with Gasteiger partial charge in [0.15, 0.2) is 0 Å². The Morgan fingerprint density at radius 3 is 2.78 bits per heavy atom. The van der Waals surface area contributed by atoms with Crippen LogP contribution in [-0.2, 0) is 18.3 Å². The molecule has 0 radical (unpaired) electrons. The number of rotatable bonds is 2. The topological polar surface area (TPSA) is 51.1 Å². The number of imide groups is 1.